The molecule has 5 rings (SSSR count). The van der Waals surface area contributed by atoms with Gasteiger partial charge in [-0.05, 0) is 67.0 Å². The average Bonchev–Trinajstić information content (AvgIpc) is 2.71. The minimum atomic E-state index is -0.427. The summed E-state index contributed by atoms with van der Waals surface area (Å²) < 4.78 is 0. The third-order valence-corrected chi connectivity index (χ3v) is 7.53. The van der Waals surface area contributed by atoms with Crippen LogP contribution in [0.1, 0.15) is 54.9 Å². The number of rotatable bonds is 3. The van der Waals surface area contributed by atoms with Crippen LogP contribution in [0.15, 0.2) is 48.5 Å². The molecule has 2 bridgehead atoms. The number of phenols is 1. The van der Waals surface area contributed by atoms with Crippen molar-refractivity contribution in [2.45, 2.75) is 56.1 Å². The Balaban J connectivity index is 1.47. The first-order valence-electron chi connectivity index (χ1n) is 10.5. The Kier molecular flexibility index (Phi) is 4.25. The Morgan fingerprint density at radius 3 is 2.78 bits per heavy atom. The highest BCUT2D eigenvalue weighted by atomic mass is 16.3. The van der Waals surface area contributed by atoms with Gasteiger partial charge in [0, 0.05) is 18.0 Å². The van der Waals surface area contributed by atoms with Crippen LogP contribution in [0.3, 0.4) is 0 Å². The number of phenolic OH excluding ortho intramolecular Hbond substituents is 1. The topological polar surface area (TPSA) is 43.7 Å². The third kappa shape index (κ3) is 2.79. The molecule has 0 aromatic heterocycles. The Labute approximate surface area is 161 Å². The number of piperidine rings is 1. The summed E-state index contributed by atoms with van der Waals surface area (Å²) >= 11 is 0. The largest absolute Gasteiger partial charge is 0.508 e. The summed E-state index contributed by atoms with van der Waals surface area (Å²) in [6.45, 7) is 1.76. The molecule has 142 valence electrons. The van der Waals surface area contributed by atoms with Crippen molar-refractivity contribution in [1.29, 1.82) is 0 Å². The van der Waals surface area contributed by atoms with Gasteiger partial charge in [0.05, 0.1) is 6.10 Å². The molecule has 0 spiro atoms. The average molecular weight is 364 g/mol. The summed E-state index contributed by atoms with van der Waals surface area (Å²) in [4.78, 5) is 2.56. The number of β-amino-alcohol motifs (C(OH)–C–C–N with tert-alkyl or cyclic N) is 1. The van der Waals surface area contributed by atoms with Gasteiger partial charge in [0.2, 0.25) is 0 Å². The molecule has 3 heteroatoms. The predicted molar refractivity (Wildman–Crippen MR) is 107 cm³/mol. The number of hydrogen-bond acceptors (Lipinski definition) is 3. The highest BCUT2D eigenvalue weighted by molar-refractivity contribution is 5.45. The van der Waals surface area contributed by atoms with E-state index in [9.17, 15) is 10.2 Å². The summed E-state index contributed by atoms with van der Waals surface area (Å²) in [5, 5.41) is 20.9. The molecular weight excluding hydrogens is 334 g/mol. The van der Waals surface area contributed by atoms with E-state index in [1.807, 2.05) is 36.4 Å². The molecule has 27 heavy (non-hydrogen) atoms. The second-order valence-corrected chi connectivity index (χ2v) is 8.79. The molecule has 2 N–H and O–H groups in total. The van der Waals surface area contributed by atoms with Crippen LogP contribution in [0.4, 0.5) is 0 Å². The van der Waals surface area contributed by atoms with Gasteiger partial charge in [-0.15, -0.1) is 0 Å². The quantitative estimate of drug-likeness (QED) is 0.860. The molecule has 3 nitrogen and oxygen atoms in total. The van der Waals surface area contributed by atoms with Gasteiger partial charge in [0.1, 0.15) is 5.75 Å². The fraction of sp³-hybridized carbons (Fsp3) is 0.500. The summed E-state index contributed by atoms with van der Waals surface area (Å²) in [7, 11) is 0. The van der Waals surface area contributed by atoms with E-state index >= 15 is 0 Å². The number of likely N-dealkylation sites (tertiary alicyclic amines) is 1. The van der Waals surface area contributed by atoms with E-state index in [-0.39, 0.29) is 5.41 Å². The second kappa shape index (κ2) is 6.65. The van der Waals surface area contributed by atoms with Gasteiger partial charge in [0.15, 0.2) is 0 Å². The fourth-order valence-corrected chi connectivity index (χ4v) is 6.30. The lowest BCUT2D eigenvalue weighted by atomic mass is 9.52. The Hall–Kier alpha value is -1.84. The van der Waals surface area contributed by atoms with Gasteiger partial charge in [-0.25, -0.2) is 0 Å². The van der Waals surface area contributed by atoms with Crippen molar-refractivity contribution in [2.75, 3.05) is 13.1 Å². The number of aromatic hydroxyl groups is 1. The Morgan fingerprint density at radius 2 is 1.93 bits per heavy atom. The van der Waals surface area contributed by atoms with E-state index in [0.29, 0.717) is 24.3 Å². The van der Waals surface area contributed by atoms with Crippen LogP contribution in [-0.2, 0) is 11.8 Å². The van der Waals surface area contributed by atoms with Crippen molar-refractivity contribution >= 4 is 0 Å². The number of hydrogen-bond donors (Lipinski definition) is 2. The predicted octanol–water partition coefficient (Wildman–Crippen LogP) is 4.18. The van der Waals surface area contributed by atoms with Crippen molar-refractivity contribution in [3.05, 3.63) is 65.2 Å². The van der Waals surface area contributed by atoms with Gasteiger partial charge >= 0.3 is 0 Å². The van der Waals surface area contributed by atoms with E-state index in [1.165, 1.54) is 36.8 Å². The van der Waals surface area contributed by atoms with E-state index in [4.69, 9.17) is 0 Å². The van der Waals surface area contributed by atoms with Crippen LogP contribution in [0, 0.1) is 5.92 Å². The van der Waals surface area contributed by atoms with Crippen LogP contribution in [0.25, 0.3) is 0 Å². The van der Waals surface area contributed by atoms with Crippen molar-refractivity contribution in [1.82, 2.24) is 4.90 Å². The fourth-order valence-electron chi connectivity index (χ4n) is 6.30. The lowest BCUT2D eigenvalue weighted by Gasteiger charge is -2.59. The molecule has 1 unspecified atom stereocenters. The molecule has 2 aromatic carbocycles. The maximum absolute atomic E-state index is 10.8. The number of benzene rings is 2. The molecule has 1 aliphatic heterocycles. The molecule has 1 heterocycles. The first-order valence-corrected chi connectivity index (χ1v) is 10.5. The molecule has 1 saturated carbocycles. The summed E-state index contributed by atoms with van der Waals surface area (Å²) in [6, 6.07) is 16.6. The van der Waals surface area contributed by atoms with Gasteiger partial charge in [0.25, 0.3) is 0 Å². The summed E-state index contributed by atoms with van der Waals surface area (Å²) in [6.07, 6.45) is 6.90. The zero-order chi connectivity index (χ0) is 18.4. The van der Waals surface area contributed by atoms with Gasteiger partial charge in [-0.2, -0.15) is 0 Å². The maximum atomic E-state index is 10.8. The van der Waals surface area contributed by atoms with E-state index in [1.54, 1.807) is 0 Å². The number of fused-ring (bicyclic) bond motifs is 1. The normalized spacial score (nSPS) is 31.0. The van der Waals surface area contributed by atoms with E-state index in [0.717, 1.165) is 24.9 Å². The minimum absolute atomic E-state index is 0.240. The zero-order valence-electron chi connectivity index (χ0n) is 15.8. The highest BCUT2D eigenvalue weighted by Gasteiger charge is 2.53. The van der Waals surface area contributed by atoms with Crippen LogP contribution >= 0.6 is 0 Å². The van der Waals surface area contributed by atoms with Crippen LogP contribution in [-0.4, -0.2) is 34.2 Å². The lowest BCUT2D eigenvalue weighted by Crippen LogP contribution is -2.61. The molecular formula is C24H29NO2. The van der Waals surface area contributed by atoms with Gasteiger partial charge in [-0.3, -0.25) is 4.90 Å². The summed E-state index contributed by atoms with van der Waals surface area (Å²) in [5.41, 5.74) is 4.09. The van der Waals surface area contributed by atoms with Crippen molar-refractivity contribution in [3.8, 4) is 5.75 Å². The highest BCUT2D eigenvalue weighted by Crippen LogP contribution is 2.56. The van der Waals surface area contributed by atoms with Crippen molar-refractivity contribution in [2.24, 2.45) is 5.92 Å². The number of aliphatic hydroxyl groups is 1. The Morgan fingerprint density at radius 1 is 1.07 bits per heavy atom. The van der Waals surface area contributed by atoms with Crippen LogP contribution < -0.4 is 0 Å². The lowest BCUT2D eigenvalue weighted by molar-refractivity contribution is -0.0311. The zero-order valence-corrected chi connectivity index (χ0v) is 15.8. The van der Waals surface area contributed by atoms with Crippen molar-refractivity contribution < 1.29 is 10.2 Å². The molecule has 0 amide bonds. The maximum Gasteiger partial charge on any atom is 0.115 e. The smallest absolute Gasteiger partial charge is 0.115 e. The summed E-state index contributed by atoms with van der Waals surface area (Å²) in [5.74, 6) is 1.06. The van der Waals surface area contributed by atoms with E-state index in [2.05, 4.69) is 17.0 Å². The van der Waals surface area contributed by atoms with Crippen molar-refractivity contribution in [3.63, 3.8) is 0 Å². The second-order valence-electron chi connectivity index (χ2n) is 8.79. The standard InChI is InChI=1S/C24H29NO2/c26-19-10-9-18-14-22-20-8-4-5-11-24(20,21(18)15-19)12-13-25(22)16-23(27)17-6-2-1-3-7-17/h1-3,6-7,9-10,15,20,22-23,26-27H,4-5,8,11-14,16H2/t20-,22-,23?,24+/m0/s1. The minimum Gasteiger partial charge on any atom is -0.508 e. The molecule has 4 atom stereocenters. The molecule has 2 aliphatic carbocycles. The first kappa shape index (κ1) is 17.3. The SMILES string of the molecule is Oc1ccc2c(c1)[C@@]13CCCC[C@H]1[C@H](C2)N(CC(O)c1ccccc1)CC3. The van der Waals surface area contributed by atoms with Crippen LogP contribution in [0.2, 0.25) is 0 Å². The first-order chi connectivity index (χ1) is 13.2. The van der Waals surface area contributed by atoms with Gasteiger partial charge in [-0.1, -0.05) is 49.2 Å². The van der Waals surface area contributed by atoms with E-state index < -0.39 is 6.10 Å². The Bertz CT molecular complexity index is 820. The number of aliphatic hydroxyl groups excluding tert-OH is 1. The van der Waals surface area contributed by atoms with Crippen LogP contribution in [0.5, 0.6) is 5.75 Å². The van der Waals surface area contributed by atoms with Gasteiger partial charge < -0.3 is 10.2 Å². The monoisotopic (exact) mass is 363 g/mol. The molecule has 0 radical (unpaired) electrons. The molecule has 1 saturated heterocycles. The third-order valence-electron chi connectivity index (χ3n) is 7.53. The molecule has 2 aromatic rings. The molecule has 2 fully saturated rings. The number of nitrogens with zero attached hydrogens (tertiary/aromatic N) is 1. The molecule has 3 aliphatic rings.